The Labute approximate surface area is 101 Å². The highest BCUT2D eigenvalue weighted by Crippen LogP contribution is 2.11. The molecule has 18 heavy (non-hydrogen) atoms. The van der Waals surface area contributed by atoms with E-state index in [-0.39, 0.29) is 13.0 Å². The number of carbonyl (C=O) groups is 1. The SMILES string of the molecule is O=C(NCCc1ccccc1F)NCC(F)(F)F. The predicted molar refractivity (Wildman–Crippen MR) is 57.6 cm³/mol. The zero-order chi connectivity index (χ0) is 13.6. The van der Waals surface area contributed by atoms with Crippen molar-refractivity contribution in [2.75, 3.05) is 13.1 Å². The number of hydrogen-bond donors (Lipinski definition) is 2. The Hall–Kier alpha value is -1.79. The third kappa shape index (κ3) is 5.51. The van der Waals surface area contributed by atoms with Crippen LogP contribution in [0.5, 0.6) is 0 Å². The molecule has 2 amide bonds. The van der Waals surface area contributed by atoms with Crippen LogP contribution in [-0.4, -0.2) is 25.3 Å². The summed E-state index contributed by atoms with van der Waals surface area (Å²) in [4.78, 5) is 10.9. The van der Waals surface area contributed by atoms with Crippen LogP contribution in [0.4, 0.5) is 22.4 Å². The van der Waals surface area contributed by atoms with Crippen LogP contribution in [0.25, 0.3) is 0 Å². The van der Waals surface area contributed by atoms with Crippen molar-refractivity contribution in [3.8, 4) is 0 Å². The van der Waals surface area contributed by atoms with E-state index in [2.05, 4.69) is 5.32 Å². The smallest absolute Gasteiger partial charge is 0.338 e. The number of rotatable bonds is 4. The Morgan fingerprint density at radius 2 is 1.83 bits per heavy atom. The van der Waals surface area contributed by atoms with Gasteiger partial charge in [-0.15, -0.1) is 0 Å². The van der Waals surface area contributed by atoms with Gasteiger partial charge in [-0.25, -0.2) is 9.18 Å². The fourth-order valence-electron chi connectivity index (χ4n) is 1.25. The van der Waals surface area contributed by atoms with Gasteiger partial charge in [0, 0.05) is 6.54 Å². The summed E-state index contributed by atoms with van der Waals surface area (Å²) in [6, 6.07) is 5.07. The van der Waals surface area contributed by atoms with Gasteiger partial charge in [-0.3, -0.25) is 0 Å². The Morgan fingerprint density at radius 3 is 2.44 bits per heavy atom. The van der Waals surface area contributed by atoms with Crippen molar-refractivity contribution in [2.24, 2.45) is 0 Å². The summed E-state index contributed by atoms with van der Waals surface area (Å²) in [6.45, 7) is -1.33. The van der Waals surface area contributed by atoms with E-state index in [0.29, 0.717) is 5.56 Å². The Bertz CT molecular complexity index is 406. The van der Waals surface area contributed by atoms with Crippen molar-refractivity contribution in [1.82, 2.24) is 10.6 Å². The lowest BCUT2D eigenvalue weighted by Gasteiger charge is -2.09. The van der Waals surface area contributed by atoms with Gasteiger partial charge in [0.25, 0.3) is 0 Å². The quantitative estimate of drug-likeness (QED) is 0.804. The molecular weight excluding hydrogens is 252 g/mol. The highest BCUT2D eigenvalue weighted by molar-refractivity contribution is 5.73. The van der Waals surface area contributed by atoms with Crippen LogP contribution < -0.4 is 10.6 Å². The van der Waals surface area contributed by atoms with Crippen molar-refractivity contribution >= 4 is 6.03 Å². The van der Waals surface area contributed by atoms with E-state index in [4.69, 9.17) is 0 Å². The summed E-state index contributed by atoms with van der Waals surface area (Å²) in [7, 11) is 0. The topological polar surface area (TPSA) is 41.1 Å². The highest BCUT2D eigenvalue weighted by atomic mass is 19.4. The van der Waals surface area contributed by atoms with Gasteiger partial charge in [0.1, 0.15) is 12.4 Å². The minimum atomic E-state index is -4.44. The summed E-state index contributed by atoms with van der Waals surface area (Å²) >= 11 is 0. The van der Waals surface area contributed by atoms with Crippen LogP contribution in [-0.2, 0) is 6.42 Å². The van der Waals surface area contributed by atoms with Gasteiger partial charge in [0.15, 0.2) is 0 Å². The van der Waals surface area contributed by atoms with Gasteiger partial charge in [-0.1, -0.05) is 18.2 Å². The number of carbonyl (C=O) groups excluding carboxylic acids is 1. The number of hydrogen-bond acceptors (Lipinski definition) is 1. The van der Waals surface area contributed by atoms with Crippen LogP contribution in [0.1, 0.15) is 5.56 Å². The minimum absolute atomic E-state index is 0.0601. The molecule has 0 spiro atoms. The fraction of sp³-hybridized carbons (Fsp3) is 0.364. The van der Waals surface area contributed by atoms with Gasteiger partial charge < -0.3 is 10.6 Å². The molecule has 0 aliphatic heterocycles. The maximum absolute atomic E-state index is 13.1. The van der Waals surface area contributed by atoms with Crippen molar-refractivity contribution in [3.63, 3.8) is 0 Å². The van der Waals surface area contributed by atoms with E-state index >= 15 is 0 Å². The normalized spacial score (nSPS) is 11.1. The molecule has 7 heteroatoms. The van der Waals surface area contributed by atoms with E-state index in [1.165, 1.54) is 12.1 Å². The summed E-state index contributed by atoms with van der Waals surface area (Å²) in [6.07, 6.45) is -4.23. The van der Waals surface area contributed by atoms with Gasteiger partial charge in [-0.05, 0) is 18.1 Å². The molecule has 100 valence electrons. The maximum atomic E-state index is 13.1. The maximum Gasteiger partial charge on any atom is 0.405 e. The lowest BCUT2D eigenvalue weighted by atomic mass is 10.1. The third-order valence-corrected chi connectivity index (χ3v) is 2.09. The molecule has 0 heterocycles. The van der Waals surface area contributed by atoms with E-state index in [0.717, 1.165) is 0 Å². The highest BCUT2D eigenvalue weighted by Gasteiger charge is 2.27. The second-order valence-corrected chi connectivity index (χ2v) is 3.57. The minimum Gasteiger partial charge on any atom is -0.338 e. The molecule has 0 bridgehead atoms. The second kappa shape index (κ2) is 6.23. The number of urea groups is 1. The fourth-order valence-corrected chi connectivity index (χ4v) is 1.25. The van der Waals surface area contributed by atoms with Crippen LogP contribution in [0.2, 0.25) is 0 Å². The summed E-state index contributed by atoms with van der Waals surface area (Å²) in [5.41, 5.74) is 0.397. The molecular formula is C11H12F4N2O. The molecule has 0 aliphatic rings. The molecule has 1 aromatic rings. The number of benzene rings is 1. The summed E-state index contributed by atoms with van der Waals surface area (Å²) < 4.78 is 48.4. The van der Waals surface area contributed by atoms with E-state index < -0.39 is 24.6 Å². The van der Waals surface area contributed by atoms with Crippen molar-refractivity contribution in [2.45, 2.75) is 12.6 Å². The first-order valence-electron chi connectivity index (χ1n) is 5.20. The molecule has 2 N–H and O–H groups in total. The van der Waals surface area contributed by atoms with Crippen LogP contribution in [0, 0.1) is 5.82 Å². The third-order valence-electron chi connectivity index (χ3n) is 2.09. The van der Waals surface area contributed by atoms with Crippen molar-refractivity contribution in [3.05, 3.63) is 35.6 Å². The number of halogens is 4. The average molecular weight is 264 g/mol. The molecule has 1 aromatic carbocycles. The number of amides is 2. The number of nitrogens with one attached hydrogen (secondary N) is 2. The Balaban J connectivity index is 2.26. The van der Waals surface area contributed by atoms with E-state index in [9.17, 15) is 22.4 Å². The number of alkyl halides is 3. The molecule has 0 aliphatic carbocycles. The van der Waals surface area contributed by atoms with E-state index in [1.807, 2.05) is 0 Å². The molecule has 0 fully saturated rings. The van der Waals surface area contributed by atoms with E-state index in [1.54, 1.807) is 17.4 Å². The van der Waals surface area contributed by atoms with Crippen LogP contribution in [0.3, 0.4) is 0 Å². The van der Waals surface area contributed by atoms with Crippen LogP contribution >= 0.6 is 0 Å². The lowest BCUT2D eigenvalue weighted by Crippen LogP contribution is -2.41. The molecule has 0 atom stereocenters. The molecule has 0 saturated heterocycles. The first-order valence-corrected chi connectivity index (χ1v) is 5.20. The lowest BCUT2D eigenvalue weighted by molar-refractivity contribution is -0.122. The molecule has 0 unspecified atom stereocenters. The largest absolute Gasteiger partial charge is 0.405 e. The monoisotopic (exact) mass is 264 g/mol. The van der Waals surface area contributed by atoms with Gasteiger partial charge in [-0.2, -0.15) is 13.2 Å². The zero-order valence-corrected chi connectivity index (χ0v) is 9.35. The average Bonchev–Trinajstić information content (AvgIpc) is 2.28. The van der Waals surface area contributed by atoms with Gasteiger partial charge in [0.05, 0.1) is 0 Å². The zero-order valence-electron chi connectivity index (χ0n) is 9.35. The second-order valence-electron chi connectivity index (χ2n) is 3.57. The summed E-state index contributed by atoms with van der Waals surface area (Å²) in [5.74, 6) is -0.407. The van der Waals surface area contributed by atoms with Gasteiger partial charge >= 0.3 is 12.2 Å². The molecule has 1 rings (SSSR count). The van der Waals surface area contributed by atoms with Crippen molar-refractivity contribution < 1.29 is 22.4 Å². The van der Waals surface area contributed by atoms with Crippen LogP contribution in [0.15, 0.2) is 24.3 Å². The first-order chi connectivity index (χ1) is 8.38. The standard InChI is InChI=1S/C11H12F4N2O/c12-9-4-2-1-3-8(9)5-6-16-10(18)17-7-11(13,14)15/h1-4H,5-7H2,(H2,16,17,18). The molecule has 0 radical (unpaired) electrons. The molecule has 3 nitrogen and oxygen atoms in total. The summed E-state index contributed by atoms with van der Waals surface area (Å²) in [5, 5.41) is 3.87. The first kappa shape index (κ1) is 14.3. The Morgan fingerprint density at radius 1 is 1.17 bits per heavy atom. The van der Waals surface area contributed by atoms with Gasteiger partial charge in [0.2, 0.25) is 0 Å². The predicted octanol–water partition coefficient (Wildman–Crippen LogP) is 2.23. The molecule has 0 aromatic heterocycles. The molecule has 0 saturated carbocycles. The van der Waals surface area contributed by atoms with Crippen molar-refractivity contribution in [1.29, 1.82) is 0 Å². The Kier molecular flexibility index (Phi) is 4.94.